The van der Waals surface area contributed by atoms with E-state index in [1.807, 2.05) is 6.07 Å². The van der Waals surface area contributed by atoms with Crippen molar-refractivity contribution in [2.75, 3.05) is 5.32 Å². The molecule has 2 aromatic rings. The van der Waals surface area contributed by atoms with Gasteiger partial charge in [0.15, 0.2) is 0 Å². The van der Waals surface area contributed by atoms with Crippen LogP contribution in [0.25, 0.3) is 0 Å². The summed E-state index contributed by atoms with van der Waals surface area (Å²) in [4.78, 5) is 27.1. The van der Waals surface area contributed by atoms with Gasteiger partial charge in [-0.1, -0.05) is 23.7 Å². The van der Waals surface area contributed by atoms with Crippen LogP contribution in [-0.4, -0.2) is 22.9 Å². The van der Waals surface area contributed by atoms with E-state index in [1.165, 1.54) is 0 Å². The number of nitrogens with one attached hydrogen (secondary N) is 1. The summed E-state index contributed by atoms with van der Waals surface area (Å²) in [6.07, 6.45) is 3.09. The highest BCUT2D eigenvalue weighted by Crippen LogP contribution is 2.15. The number of aliphatic carboxylic acids is 1. The first kappa shape index (κ1) is 16.9. The van der Waals surface area contributed by atoms with Gasteiger partial charge in [-0.05, 0) is 24.3 Å². The van der Waals surface area contributed by atoms with E-state index in [1.54, 1.807) is 48.0 Å². The minimum absolute atomic E-state index is 0.199. The summed E-state index contributed by atoms with van der Waals surface area (Å²) < 4.78 is 0. The lowest BCUT2D eigenvalue weighted by atomic mass is 10.1. The Bertz CT molecular complexity index is 679. The molecular weight excluding hydrogens is 318 g/mol. The molecule has 1 atom stereocenters. The fourth-order valence-corrected chi connectivity index (χ4v) is 2.23. The first-order valence-corrected chi connectivity index (χ1v) is 7.41. The van der Waals surface area contributed by atoms with E-state index in [0.29, 0.717) is 17.3 Å². The predicted octanol–water partition coefficient (Wildman–Crippen LogP) is -0.0543. The van der Waals surface area contributed by atoms with Crippen molar-refractivity contribution in [2.24, 2.45) is 0 Å². The van der Waals surface area contributed by atoms with Crippen LogP contribution in [0.3, 0.4) is 0 Å². The standard InChI is InChI=1S/C16H16ClN3O3/c17-12-4-1-5-13(7-12)20-15(21)8-14(16(22)23)19-10-11-3-2-6-18-9-11/h1-7,9,14,19H,8,10H2,(H,20,21)(H,22,23). The van der Waals surface area contributed by atoms with Gasteiger partial charge >= 0.3 is 0 Å². The topological polar surface area (TPSA) is 98.7 Å². The summed E-state index contributed by atoms with van der Waals surface area (Å²) >= 11 is 5.83. The molecule has 1 aromatic heterocycles. The molecule has 0 aliphatic carbocycles. The lowest BCUT2D eigenvalue weighted by Gasteiger charge is -2.16. The number of carbonyl (C=O) groups is 2. The Hall–Kier alpha value is -2.44. The highest BCUT2D eigenvalue weighted by Gasteiger charge is 2.18. The van der Waals surface area contributed by atoms with Crippen molar-refractivity contribution in [3.63, 3.8) is 0 Å². The Kier molecular flexibility index (Phi) is 6.08. The molecule has 1 aromatic carbocycles. The Morgan fingerprint density at radius 1 is 1.30 bits per heavy atom. The lowest BCUT2D eigenvalue weighted by molar-refractivity contribution is -0.697. The zero-order valence-electron chi connectivity index (χ0n) is 12.2. The number of aromatic nitrogens is 1. The first-order chi connectivity index (χ1) is 11.0. The molecule has 120 valence electrons. The minimum atomic E-state index is -1.28. The molecule has 0 bridgehead atoms. The second-order valence-corrected chi connectivity index (χ2v) is 5.43. The molecule has 2 rings (SSSR count). The Balaban J connectivity index is 1.91. The third-order valence-corrected chi connectivity index (χ3v) is 3.41. The predicted molar refractivity (Wildman–Crippen MR) is 83.4 cm³/mol. The van der Waals surface area contributed by atoms with Gasteiger partial charge in [0.25, 0.3) is 0 Å². The summed E-state index contributed by atoms with van der Waals surface area (Å²) in [5.74, 6) is -1.70. The van der Waals surface area contributed by atoms with Gasteiger partial charge in [0.1, 0.15) is 12.6 Å². The number of halogens is 1. The monoisotopic (exact) mass is 333 g/mol. The van der Waals surface area contributed by atoms with E-state index in [9.17, 15) is 14.7 Å². The second-order valence-electron chi connectivity index (χ2n) is 4.99. The van der Waals surface area contributed by atoms with Crippen LogP contribution in [0.5, 0.6) is 0 Å². The van der Waals surface area contributed by atoms with E-state index >= 15 is 0 Å². The fourth-order valence-electron chi connectivity index (χ4n) is 2.04. The van der Waals surface area contributed by atoms with Gasteiger partial charge in [0, 0.05) is 28.7 Å². The number of carboxylic acids is 1. The summed E-state index contributed by atoms with van der Waals surface area (Å²) in [5.41, 5.74) is 1.39. The van der Waals surface area contributed by atoms with Crippen LogP contribution < -0.4 is 15.7 Å². The van der Waals surface area contributed by atoms with Crippen LogP contribution >= 0.6 is 11.6 Å². The number of anilines is 1. The van der Waals surface area contributed by atoms with Crippen molar-refractivity contribution < 1.29 is 20.0 Å². The molecule has 0 spiro atoms. The molecule has 6 nitrogen and oxygen atoms in total. The SMILES string of the molecule is O=C(CC([NH2+]Cc1cccnc1)C(=O)[O-])Nc1cccc(Cl)c1. The minimum Gasteiger partial charge on any atom is -0.544 e. The lowest BCUT2D eigenvalue weighted by Crippen LogP contribution is -2.92. The second kappa shape index (κ2) is 8.26. The molecule has 1 heterocycles. The molecule has 0 radical (unpaired) electrons. The maximum atomic E-state index is 12.0. The van der Waals surface area contributed by atoms with Gasteiger partial charge in [0.2, 0.25) is 5.91 Å². The molecule has 0 aliphatic heterocycles. The van der Waals surface area contributed by atoms with Gasteiger partial charge in [0.05, 0.1) is 12.4 Å². The number of carboxylic acid groups (broad SMARTS) is 1. The summed E-state index contributed by atoms with van der Waals surface area (Å²) in [5, 5.41) is 15.9. The Morgan fingerprint density at radius 2 is 2.13 bits per heavy atom. The van der Waals surface area contributed by atoms with Crippen molar-refractivity contribution in [3.05, 3.63) is 59.4 Å². The summed E-state index contributed by atoms with van der Waals surface area (Å²) in [6.45, 7) is 0.400. The maximum absolute atomic E-state index is 12.0. The molecule has 3 N–H and O–H groups in total. The van der Waals surface area contributed by atoms with Gasteiger partial charge < -0.3 is 20.5 Å². The van der Waals surface area contributed by atoms with Crippen LogP contribution in [0.15, 0.2) is 48.8 Å². The third-order valence-electron chi connectivity index (χ3n) is 3.18. The molecular formula is C16H16ClN3O3. The van der Waals surface area contributed by atoms with E-state index in [2.05, 4.69) is 10.3 Å². The number of carbonyl (C=O) groups excluding carboxylic acids is 2. The molecule has 1 unspecified atom stereocenters. The molecule has 0 fully saturated rings. The smallest absolute Gasteiger partial charge is 0.230 e. The van der Waals surface area contributed by atoms with Crippen LogP contribution in [0.4, 0.5) is 5.69 Å². The zero-order valence-corrected chi connectivity index (χ0v) is 13.0. The highest BCUT2D eigenvalue weighted by molar-refractivity contribution is 6.30. The maximum Gasteiger partial charge on any atom is 0.230 e. The number of hydrogen-bond acceptors (Lipinski definition) is 4. The third kappa shape index (κ3) is 5.69. The molecule has 0 aliphatic rings. The molecule has 7 heteroatoms. The number of pyridine rings is 1. The van der Waals surface area contributed by atoms with Crippen molar-refractivity contribution in [2.45, 2.75) is 19.0 Å². The number of nitrogens with zero attached hydrogens (tertiary/aromatic N) is 1. The highest BCUT2D eigenvalue weighted by atomic mass is 35.5. The number of amides is 1. The van der Waals surface area contributed by atoms with Gasteiger partial charge in [-0.3, -0.25) is 9.78 Å². The average Bonchev–Trinajstić information content (AvgIpc) is 2.52. The van der Waals surface area contributed by atoms with Crippen molar-refractivity contribution in [1.82, 2.24) is 4.98 Å². The van der Waals surface area contributed by atoms with E-state index < -0.39 is 17.9 Å². The number of benzene rings is 1. The van der Waals surface area contributed by atoms with Crippen LogP contribution in [-0.2, 0) is 16.1 Å². The normalized spacial score (nSPS) is 11.7. The Morgan fingerprint density at radius 3 is 2.78 bits per heavy atom. The molecule has 0 saturated heterocycles. The van der Waals surface area contributed by atoms with E-state index in [0.717, 1.165) is 5.56 Å². The van der Waals surface area contributed by atoms with Gasteiger partial charge in [-0.25, -0.2) is 0 Å². The van der Waals surface area contributed by atoms with Crippen molar-refractivity contribution >= 4 is 29.2 Å². The quantitative estimate of drug-likeness (QED) is 0.742. The van der Waals surface area contributed by atoms with Gasteiger partial charge in [-0.15, -0.1) is 0 Å². The van der Waals surface area contributed by atoms with Crippen molar-refractivity contribution in [1.29, 1.82) is 0 Å². The van der Waals surface area contributed by atoms with Crippen LogP contribution in [0, 0.1) is 0 Å². The average molecular weight is 334 g/mol. The number of hydrogen-bond donors (Lipinski definition) is 2. The summed E-state index contributed by atoms with van der Waals surface area (Å²) in [7, 11) is 0. The number of nitrogens with two attached hydrogens (primary N) is 1. The number of rotatable bonds is 7. The molecule has 0 saturated carbocycles. The van der Waals surface area contributed by atoms with Crippen molar-refractivity contribution in [3.8, 4) is 0 Å². The van der Waals surface area contributed by atoms with Crippen LogP contribution in [0.2, 0.25) is 5.02 Å². The molecule has 23 heavy (non-hydrogen) atoms. The Labute approximate surface area is 138 Å². The largest absolute Gasteiger partial charge is 0.544 e. The van der Waals surface area contributed by atoms with Crippen LogP contribution in [0.1, 0.15) is 12.0 Å². The zero-order chi connectivity index (χ0) is 16.7. The fraction of sp³-hybridized carbons (Fsp3) is 0.188. The van der Waals surface area contributed by atoms with Gasteiger partial charge in [-0.2, -0.15) is 0 Å². The number of quaternary nitrogens is 1. The van der Waals surface area contributed by atoms with E-state index in [-0.39, 0.29) is 6.42 Å². The first-order valence-electron chi connectivity index (χ1n) is 7.03. The molecule has 1 amide bonds. The van der Waals surface area contributed by atoms with E-state index in [4.69, 9.17) is 11.6 Å². The summed E-state index contributed by atoms with van der Waals surface area (Å²) in [6, 6.07) is 9.27.